The summed E-state index contributed by atoms with van der Waals surface area (Å²) < 4.78 is 12.0. The van der Waals surface area contributed by atoms with Crippen molar-refractivity contribution in [1.29, 1.82) is 0 Å². The van der Waals surface area contributed by atoms with Gasteiger partial charge in [-0.25, -0.2) is 14.4 Å². The van der Waals surface area contributed by atoms with Crippen LogP contribution >= 0.6 is 0 Å². The molecule has 11 nitrogen and oxygen atoms in total. The molecule has 1 aromatic heterocycles. The first-order valence-electron chi connectivity index (χ1n) is 8.84. The number of hydrogen-bond acceptors (Lipinski definition) is 7. The fraction of sp³-hybridized carbons (Fsp3) is 0.211. The first-order valence-corrected chi connectivity index (χ1v) is 8.84. The Balaban J connectivity index is 2.07. The Bertz CT molecular complexity index is 1150. The number of tetrazole rings is 1. The summed E-state index contributed by atoms with van der Waals surface area (Å²) in [5, 5.41) is 16.7. The molecule has 1 heterocycles. The number of anilines is 1. The number of para-hydroxylation sites is 2. The molecule has 0 radical (unpaired) electrons. The summed E-state index contributed by atoms with van der Waals surface area (Å²) in [6.45, 7) is 1.78. The van der Waals surface area contributed by atoms with Gasteiger partial charge in [-0.2, -0.15) is 4.68 Å². The number of carboxylic acid groups (broad SMARTS) is 1. The Morgan fingerprint density at radius 2 is 1.77 bits per heavy atom. The first-order chi connectivity index (χ1) is 14.4. The molecular formula is C19H19N5O6. The molecular weight excluding hydrogens is 394 g/mol. The third-order valence-electron chi connectivity index (χ3n) is 4.34. The second-order valence-electron chi connectivity index (χ2n) is 5.98. The van der Waals surface area contributed by atoms with Crippen molar-refractivity contribution in [3.05, 3.63) is 58.5 Å². The maximum Gasteiger partial charge on any atom is 0.377 e. The average molecular weight is 413 g/mol. The van der Waals surface area contributed by atoms with Gasteiger partial charge in [-0.05, 0) is 47.7 Å². The van der Waals surface area contributed by atoms with Crippen molar-refractivity contribution in [2.75, 3.05) is 25.7 Å². The fourth-order valence-electron chi connectivity index (χ4n) is 2.88. The molecule has 156 valence electrons. The van der Waals surface area contributed by atoms with Crippen molar-refractivity contribution < 1.29 is 24.2 Å². The van der Waals surface area contributed by atoms with E-state index < -0.39 is 17.7 Å². The lowest BCUT2D eigenvalue weighted by Crippen LogP contribution is -2.41. The number of carbonyl (C=O) groups excluding carboxylic acids is 1. The molecule has 0 atom stereocenters. The molecule has 3 aromatic rings. The second-order valence-corrected chi connectivity index (χ2v) is 5.98. The number of carbonyl (C=O) groups is 2. The summed E-state index contributed by atoms with van der Waals surface area (Å²) in [6, 6.07) is 9.91. The Morgan fingerprint density at radius 3 is 2.40 bits per heavy atom. The Morgan fingerprint density at radius 1 is 1.07 bits per heavy atom. The minimum absolute atomic E-state index is 0.0397. The van der Waals surface area contributed by atoms with Gasteiger partial charge >= 0.3 is 17.7 Å². The molecule has 3 rings (SSSR count). The maximum absolute atomic E-state index is 13.1. The maximum atomic E-state index is 13.1. The highest BCUT2D eigenvalue weighted by molar-refractivity contribution is 5.97. The molecule has 1 N–H and O–H groups in total. The van der Waals surface area contributed by atoms with Crippen molar-refractivity contribution in [2.45, 2.75) is 6.92 Å². The van der Waals surface area contributed by atoms with Gasteiger partial charge in [0, 0.05) is 6.54 Å². The summed E-state index contributed by atoms with van der Waals surface area (Å²) in [4.78, 5) is 38.4. The average Bonchev–Trinajstić information content (AvgIpc) is 3.15. The van der Waals surface area contributed by atoms with Crippen molar-refractivity contribution in [3.8, 4) is 17.2 Å². The van der Waals surface area contributed by atoms with Crippen molar-refractivity contribution in [3.63, 3.8) is 0 Å². The lowest BCUT2D eigenvalue weighted by Gasteiger charge is -2.22. The van der Waals surface area contributed by atoms with Crippen LogP contribution in [0.25, 0.3) is 5.69 Å². The van der Waals surface area contributed by atoms with Crippen molar-refractivity contribution in [2.24, 2.45) is 0 Å². The zero-order valence-electron chi connectivity index (χ0n) is 16.5. The third kappa shape index (κ3) is 3.60. The van der Waals surface area contributed by atoms with E-state index in [0.717, 1.165) is 4.68 Å². The minimum atomic E-state index is -1.17. The lowest BCUT2D eigenvalue weighted by molar-refractivity contribution is 0.0697. The summed E-state index contributed by atoms with van der Waals surface area (Å²) in [7, 11) is 2.84. The zero-order chi connectivity index (χ0) is 21.8. The van der Waals surface area contributed by atoms with Crippen LogP contribution in [-0.2, 0) is 0 Å². The lowest BCUT2D eigenvalue weighted by atomic mass is 10.1. The Hall–Kier alpha value is -4.15. The van der Waals surface area contributed by atoms with Gasteiger partial charge in [0.25, 0.3) is 0 Å². The molecule has 30 heavy (non-hydrogen) atoms. The number of benzene rings is 2. The van der Waals surface area contributed by atoms with Gasteiger partial charge in [-0.1, -0.05) is 12.1 Å². The molecule has 0 unspecified atom stereocenters. The molecule has 0 aliphatic heterocycles. The van der Waals surface area contributed by atoms with E-state index in [-0.39, 0.29) is 23.5 Å². The molecule has 0 bridgehead atoms. The smallest absolute Gasteiger partial charge is 0.377 e. The molecule has 0 aliphatic rings. The molecule has 2 aromatic carbocycles. The number of ether oxygens (including phenoxy) is 2. The summed E-state index contributed by atoms with van der Waals surface area (Å²) in [6.07, 6.45) is 0. The van der Waals surface area contributed by atoms with Gasteiger partial charge in [-0.15, -0.1) is 4.68 Å². The van der Waals surface area contributed by atoms with Crippen LogP contribution in [-0.4, -0.2) is 57.7 Å². The highest BCUT2D eigenvalue weighted by Crippen LogP contribution is 2.30. The van der Waals surface area contributed by atoms with Crippen LogP contribution in [0, 0.1) is 0 Å². The molecule has 1 amide bonds. The van der Waals surface area contributed by atoms with E-state index in [0.29, 0.717) is 16.1 Å². The first kappa shape index (κ1) is 20.6. The molecule has 0 fully saturated rings. The van der Waals surface area contributed by atoms with Crippen LogP contribution in [0.3, 0.4) is 0 Å². The molecule has 0 saturated heterocycles. The van der Waals surface area contributed by atoms with Crippen LogP contribution in [0.4, 0.5) is 10.5 Å². The number of aromatic nitrogens is 4. The van der Waals surface area contributed by atoms with E-state index in [4.69, 9.17) is 9.47 Å². The monoisotopic (exact) mass is 413 g/mol. The third-order valence-corrected chi connectivity index (χ3v) is 4.34. The van der Waals surface area contributed by atoms with E-state index in [1.807, 2.05) is 0 Å². The number of hydrogen-bond donors (Lipinski definition) is 1. The Labute approximate surface area is 170 Å². The standard InChI is InChI=1S/C19H19N5O6/c1-4-22(14-11-12(17(25)26)9-10-16(14)30-3)18(27)24-19(28)23(20-21-24)13-7-5-6-8-15(13)29-2/h5-11H,4H2,1-3H3,(H,25,26). The molecule has 0 spiro atoms. The SMILES string of the molecule is CCN(C(=O)n1nnn(-c2ccccc2OC)c1=O)c1cc(C(=O)O)ccc1OC. The van der Waals surface area contributed by atoms with E-state index in [2.05, 4.69) is 10.4 Å². The van der Waals surface area contributed by atoms with Gasteiger partial charge in [0.05, 0.1) is 25.5 Å². The van der Waals surface area contributed by atoms with E-state index in [1.54, 1.807) is 31.2 Å². The molecule has 0 aliphatic carbocycles. The quantitative estimate of drug-likeness (QED) is 0.604. The second kappa shape index (κ2) is 8.47. The summed E-state index contributed by atoms with van der Waals surface area (Å²) in [5.41, 5.74) is -0.348. The van der Waals surface area contributed by atoms with E-state index >= 15 is 0 Å². The summed E-state index contributed by atoms with van der Waals surface area (Å²) in [5.74, 6) is -0.524. The Kier molecular flexibility index (Phi) is 5.81. The van der Waals surface area contributed by atoms with E-state index in [1.165, 1.54) is 37.3 Å². The van der Waals surface area contributed by atoms with Crippen LogP contribution in [0.2, 0.25) is 0 Å². The summed E-state index contributed by atoms with van der Waals surface area (Å²) >= 11 is 0. The van der Waals surface area contributed by atoms with Crippen molar-refractivity contribution >= 4 is 17.7 Å². The normalized spacial score (nSPS) is 10.5. The van der Waals surface area contributed by atoms with Gasteiger partial charge in [0.2, 0.25) is 0 Å². The highest BCUT2D eigenvalue weighted by atomic mass is 16.5. The van der Waals surface area contributed by atoms with Gasteiger partial charge in [0.15, 0.2) is 0 Å². The number of methoxy groups -OCH3 is 2. The van der Waals surface area contributed by atoms with Crippen LogP contribution in [0.15, 0.2) is 47.3 Å². The largest absolute Gasteiger partial charge is 0.495 e. The van der Waals surface area contributed by atoms with Gasteiger partial charge < -0.3 is 14.6 Å². The number of amides is 1. The predicted octanol–water partition coefficient (Wildman–Crippen LogP) is 1.64. The molecule has 11 heteroatoms. The topological polar surface area (TPSA) is 129 Å². The van der Waals surface area contributed by atoms with Gasteiger partial charge in [-0.3, -0.25) is 4.90 Å². The van der Waals surface area contributed by atoms with Crippen LogP contribution in [0.5, 0.6) is 11.5 Å². The zero-order valence-corrected chi connectivity index (χ0v) is 16.5. The highest BCUT2D eigenvalue weighted by Gasteiger charge is 2.25. The van der Waals surface area contributed by atoms with Crippen molar-refractivity contribution in [1.82, 2.24) is 19.8 Å². The minimum Gasteiger partial charge on any atom is -0.495 e. The number of carboxylic acids is 1. The van der Waals surface area contributed by atoms with Gasteiger partial charge in [0.1, 0.15) is 17.2 Å². The van der Waals surface area contributed by atoms with Crippen LogP contribution < -0.4 is 20.1 Å². The van der Waals surface area contributed by atoms with E-state index in [9.17, 15) is 19.5 Å². The number of rotatable bonds is 6. The fourth-order valence-corrected chi connectivity index (χ4v) is 2.88. The molecule has 0 saturated carbocycles. The number of nitrogens with zero attached hydrogens (tertiary/aromatic N) is 5. The predicted molar refractivity (Wildman–Crippen MR) is 106 cm³/mol. The van der Waals surface area contributed by atoms with Crippen LogP contribution in [0.1, 0.15) is 17.3 Å². The number of aromatic carboxylic acids is 1.